The predicted molar refractivity (Wildman–Crippen MR) is 89.6 cm³/mol. The van der Waals surface area contributed by atoms with Crippen LogP contribution >= 0.6 is 0 Å². The van der Waals surface area contributed by atoms with Gasteiger partial charge in [0.25, 0.3) is 5.91 Å². The SMILES string of the molecule is NC(=O)c1ccc(Oc2cccc(Oc3ccc(F)cc3)c2)cc1O. The Morgan fingerprint density at radius 1 is 0.840 bits per heavy atom. The summed E-state index contributed by atoms with van der Waals surface area (Å²) in [4.78, 5) is 11.1. The van der Waals surface area contributed by atoms with E-state index in [1.54, 1.807) is 24.3 Å². The maximum Gasteiger partial charge on any atom is 0.252 e. The summed E-state index contributed by atoms with van der Waals surface area (Å²) in [6, 6.07) is 16.6. The number of benzene rings is 3. The summed E-state index contributed by atoms with van der Waals surface area (Å²) >= 11 is 0. The number of ether oxygens (including phenoxy) is 2. The van der Waals surface area contributed by atoms with E-state index in [1.165, 1.54) is 42.5 Å². The monoisotopic (exact) mass is 339 g/mol. The van der Waals surface area contributed by atoms with Crippen molar-refractivity contribution in [3.63, 3.8) is 0 Å². The molecule has 1 amide bonds. The van der Waals surface area contributed by atoms with Crippen LogP contribution in [0.25, 0.3) is 0 Å². The Morgan fingerprint density at radius 3 is 2.00 bits per heavy atom. The molecule has 0 saturated heterocycles. The third-order valence-corrected chi connectivity index (χ3v) is 3.33. The van der Waals surface area contributed by atoms with Crippen LogP contribution in [-0.4, -0.2) is 11.0 Å². The van der Waals surface area contributed by atoms with Gasteiger partial charge in [0.05, 0.1) is 5.56 Å². The molecule has 6 heteroatoms. The van der Waals surface area contributed by atoms with Crippen LogP contribution in [0.1, 0.15) is 10.4 Å². The van der Waals surface area contributed by atoms with E-state index in [4.69, 9.17) is 15.2 Å². The second kappa shape index (κ2) is 6.92. The highest BCUT2D eigenvalue weighted by molar-refractivity contribution is 5.95. The van der Waals surface area contributed by atoms with Crippen molar-refractivity contribution >= 4 is 5.91 Å². The highest BCUT2D eigenvalue weighted by Gasteiger charge is 2.09. The number of aromatic hydroxyl groups is 1. The van der Waals surface area contributed by atoms with Crippen molar-refractivity contribution in [2.45, 2.75) is 0 Å². The van der Waals surface area contributed by atoms with Gasteiger partial charge in [-0.05, 0) is 48.5 Å². The lowest BCUT2D eigenvalue weighted by atomic mass is 10.2. The van der Waals surface area contributed by atoms with E-state index in [0.29, 0.717) is 23.0 Å². The summed E-state index contributed by atoms with van der Waals surface area (Å²) in [7, 11) is 0. The Morgan fingerprint density at radius 2 is 1.40 bits per heavy atom. The fourth-order valence-corrected chi connectivity index (χ4v) is 2.16. The molecule has 0 bridgehead atoms. The van der Waals surface area contributed by atoms with Crippen LogP contribution in [0.2, 0.25) is 0 Å². The van der Waals surface area contributed by atoms with Gasteiger partial charge in [0, 0.05) is 12.1 Å². The average molecular weight is 339 g/mol. The second-order valence-electron chi connectivity index (χ2n) is 5.18. The van der Waals surface area contributed by atoms with Crippen molar-refractivity contribution < 1.29 is 23.8 Å². The molecule has 0 saturated carbocycles. The zero-order valence-corrected chi connectivity index (χ0v) is 13.0. The Hall–Kier alpha value is -3.54. The van der Waals surface area contributed by atoms with Gasteiger partial charge in [0.2, 0.25) is 0 Å². The Bertz CT molecular complexity index is 910. The number of phenols is 1. The smallest absolute Gasteiger partial charge is 0.252 e. The lowest BCUT2D eigenvalue weighted by molar-refractivity contribution is 0.0997. The number of hydrogen-bond acceptors (Lipinski definition) is 4. The van der Waals surface area contributed by atoms with Gasteiger partial charge in [-0.3, -0.25) is 4.79 Å². The minimum atomic E-state index is -0.723. The van der Waals surface area contributed by atoms with Gasteiger partial charge in [0.15, 0.2) is 0 Å². The van der Waals surface area contributed by atoms with E-state index in [9.17, 15) is 14.3 Å². The molecule has 0 radical (unpaired) electrons. The quantitative estimate of drug-likeness (QED) is 0.729. The van der Waals surface area contributed by atoms with Crippen molar-refractivity contribution in [1.29, 1.82) is 0 Å². The minimum Gasteiger partial charge on any atom is -0.507 e. The van der Waals surface area contributed by atoms with Gasteiger partial charge in [-0.1, -0.05) is 6.07 Å². The van der Waals surface area contributed by atoms with E-state index in [0.717, 1.165) is 0 Å². The third kappa shape index (κ3) is 4.06. The van der Waals surface area contributed by atoms with E-state index < -0.39 is 5.91 Å². The van der Waals surface area contributed by atoms with Crippen LogP contribution in [-0.2, 0) is 0 Å². The lowest BCUT2D eigenvalue weighted by Crippen LogP contribution is -2.10. The van der Waals surface area contributed by atoms with E-state index in [-0.39, 0.29) is 17.1 Å². The first-order chi connectivity index (χ1) is 12.0. The van der Waals surface area contributed by atoms with Crippen molar-refractivity contribution in [2.24, 2.45) is 5.73 Å². The number of primary amides is 1. The molecule has 3 rings (SSSR count). The first kappa shape index (κ1) is 16.3. The number of hydrogen-bond donors (Lipinski definition) is 2. The Labute approximate surface area is 143 Å². The summed E-state index contributed by atoms with van der Waals surface area (Å²) in [6.07, 6.45) is 0. The highest BCUT2D eigenvalue weighted by Crippen LogP contribution is 2.30. The number of amides is 1. The molecule has 25 heavy (non-hydrogen) atoms. The van der Waals surface area contributed by atoms with Crippen LogP contribution in [0.15, 0.2) is 66.7 Å². The van der Waals surface area contributed by atoms with Crippen LogP contribution < -0.4 is 15.2 Å². The molecular weight excluding hydrogens is 325 g/mol. The summed E-state index contributed by atoms with van der Waals surface area (Å²) in [5, 5.41) is 9.78. The number of halogens is 1. The highest BCUT2D eigenvalue weighted by atomic mass is 19.1. The molecule has 3 N–H and O–H groups in total. The molecule has 0 aliphatic rings. The molecule has 0 aliphatic heterocycles. The maximum atomic E-state index is 12.9. The van der Waals surface area contributed by atoms with Crippen molar-refractivity contribution in [2.75, 3.05) is 0 Å². The van der Waals surface area contributed by atoms with Crippen molar-refractivity contribution in [1.82, 2.24) is 0 Å². The van der Waals surface area contributed by atoms with Gasteiger partial charge in [-0.15, -0.1) is 0 Å². The summed E-state index contributed by atoms with van der Waals surface area (Å²) < 4.78 is 24.2. The molecule has 0 atom stereocenters. The normalized spacial score (nSPS) is 10.3. The third-order valence-electron chi connectivity index (χ3n) is 3.33. The van der Waals surface area contributed by atoms with Gasteiger partial charge in [0.1, 0.15) is 34.6 Å². The number of carbonyl (C=O) groups excluding carboxylic acids is 1. The molecule has 0 heterocycles. The van der Waals surface area contributed by atoms with Gasteiger partial charge < -0.3 is 20.3 Å². The second-order valence-corrected chi connectivity index (χ2v) is 5.18. The summed E-state index contributed by atoms with van der Waals surface area (Å²) in [5.41, 5.74) is 5.15. The fraction of sp³-hybridized carbons (Fsp3) is 0. The van der Waals surface area contributed by atoms with Crippen molar-refractivity contribution in [3.05, 3.63) is 78.1 Å². The Balaban J connectivity index is 1.76. The molecule has 0 aliphatic carbocycles. The molecule has 126 valence electrons. The minimum absolute atomic E-state index is 0.0146. The fourth-order valence-electron chi connectivity index (χ4n) is 2.16. The van der Waals surface area contributed by atoms with E-state index >= 15 is 0 Å². The largest absolute Gasteiger partial charge is 0.507 e. The van der Waals surface area contributed by atoms with Crippen LogP contribution in [0.5, 0.6) is 28.7 Å². The molecule has 5 nitrogen and oxygen atoms in total. The molecule has 0 aromatic heterocycles. The van der Waals surface area contributed by atoms with E-state index in [1.807, 2.05) is 0 Å². The zero-order valence-electron chi connectivity index (χ0n) is 13.0. The van der Waals surface area contributed by atoms with Crippen LogP contribution in [0.3, 0.4) is 0 Å². The molecule has 3 aromatic rings. The predicted octanol–water partition coefficient (Wildman–Crippen LogP) is 4.21. The van der Waals surface area contributed by atoms with Crippen molar-refractivity contribution in [3.8, 4) is 28.7 Å². The Kier molecular flexibility index (Phi) is 4.52. The molecule has 3 aromatic carbocycles. The number of nitrogens with two attached hydrogens (primary N) is 1. The van der Waals surface area contributed by atoms with Crippen LogP contribution in [0.4, 0.5) is 4.39 Å². The molecule has 0 spiro atoms. The summed E-state index contributed by atoms with van der Waals surface area (Å²) in [5.74, 6) is 0.461. The molecule has 0 fully saturated rings. The van der Waals surface area contributed by atoms with Gasteiger partial charge in [-0.25, -0.2) is 4.39 Å². The standard InChI is InChI=1S/C19H14FNO4/c20-12-4-6-13(7-5-12)24-14-2-1-3-15(10-14)25-16-8-9-17(19(21)23)18(22)11-16/h1-11,22H,(H2,21,23). The lowest BCUT2D eigenvalue weighted by Gasteiger charge is -2.10. The molecular formula is C19H14FNO4. The maximum absolute atomic E-state index is 12.9. The van der Waals surface area contributed by atoms with Gasteiger partial charge in [-0.2, -0.15) is 0 Å². The molecule has 0 unspecified atom stereocenters. The summed E-state index contributed by atoms with van der Waals surface area (Å²) in [6.45, 7) is 0. The first-order valence-electron chi connectivity index (χ1n) is 7.35. The van der Waals surface area contributed by atoms with E-state index in [2.05, 4.69) is 0 Å². The first-order valence-corrected chi connectivity index (χ1v) is 7.35. The number of carbonyl (C=O) groups is 1. The average Bonchev–Trinajstić information content (AvgIpc) is 2.57. The van der Waals surface area contributed by atoms with Crippen LogP contribution in [0, 0.1) is 5.82 Å². The topological polar surface area (TPSA) is 81.8 Å². The van der Waals surface area contributed by atoms with Gasteiger partial charge >= 0.3 is 0 Å². The number of rotatable bonds is 5. The zero-order chi connectivity index (χ0) is 17.8.